The van der Waals surface area contributed by atoms with Gasteiger partial charge in [-0.25, -0.2) is 0 Å². The molecule has 0 saturated heterocycles. The molecule has 0 unspecified atom stereocenters. The fourth-order valence-electron chi connectivity index (χ4n) is 3.51. The molecule has 1 aromatic heterocycles. The highest BCUT2D eigenvalue weighted by Gasteiger charge is 2.14. The van der Waals surface area contributed by atoms with Crippen LogP contribution in [-0.2, 0) is 24.6 Å². The van der Waals surface area contributed by atoms with Crippen LogP contribution in [0.5, 0.6) is 17.2 Å². The molecule has 0 aliphatic carbocycles. The number of ether oxygens (including phenoxy) is 4. The van der Waals surface area contributed by atoms with Gasteiger partial charge in [-0.15, -0.1) is 0 Å². The summed E-state index contributed by atoms with van der Waals surface area (Å²) in [6.45, 7) is 1.12. The number of hydrogen-bond acceptors (Lipinski definition) is 6. The van der Waals surface area contributed by atoms with Crippen molar-refractivity contribution in [3.8, 4) is 17.2 Å². The lowest BCUT2D eigenvalue weighted by Crippen LogP contribution is -2.13. The summed E-state index contributed by atoms with van der Waals surface area (Å²) in [5.41, 5.74) is 2.52. The third-order valence-electron chi connectivity index (χ3n) is 5.11. The van der Waals surface area contributed by atoms with Crippen molar-refractivity contribution < 1.29 is 23.7 Å². The van der Waals surface area contributed by atoms with E-state index in [2.05, 4.69) is 10.4 Å². The van der Waals surface area contributed by atoms with Crippen LogP contribution in [0.25, 0.3) is 0 Å². The topological polar surface area (TPSA) is 83.8 Å². The average Bonchev–Trinajstić information content (AvgIpc) is 3.24. The molecular formula is C25H31N3O5. The van der Waals surface area contributed by atoms with Gasteiger partial charge in [0.05, 0.1) is 20.8 Å². The Morgan fingerprint density at radius 1 is 1.03 bits per heavy atom. The highest BCUT2D eigenvalue weighted by Crippen LogP contribution is 2.32. The van der Waals surface area contributed by atoms with Crippen LogP contribution < -0.4 is 19.5 Å². The summed E-state index contributed by atoms with van der Waals surface area (Å²) >= 11 is 0. The monoisotopic (exact) mass is 453 g/mol. The van der Waals surface area contributed by atoms with Crippen molar-refractivity contribution in [3.05, 3.63) is 65.4 Å². The molecule has 2 aromatic carbocycles. The molecule has 176 valence electrons. The van der Waals surface area contributed by atoms with Crippen LogP contribution in [-0.4, -0.2) is 50.2 Å². The molecule has 3 aromatic rings. The maximum Gasteiger partial charge on any atom is 0.257 e. The zero-order chi connectivity index (χ0) is 23.6. The molecule has 1 N–H and O–H groups in total. The normalized spacial score (nSPS) is 10.7. The van der Waals surface area contributed by atoms with Crippen LogP contribution >= 0.6 is 0 Å². The second-order valence-corrected chi connectivity index (χ2v) is 7.54. The van der Waals surface area contributed by atoms with Crippen molar-refractivity contribution in [3.63, 3.8) is 0 Å². The van der Waals surface area contributed by atoms with Gasteiger partial charge in [0.2, 0.25) is 0 Å². The van der Waals surface area contributed by atoms with Gasteiger partial charge < -0.3 is 24.3 Å². The Morgan fingerprint density at radius 3 is 2.58 bits per heavy atom. The van der Waals surface area contributed by atoms with E-state index in [-0.39, 0.29) is 5.91 Å². The van der Waals surface area contributed by atoms with Crippen LogP contribution in [0.2, 0.25) is 0 Å². The number of nitrogens with one attached hydrogen (secondary N) is 1. The Labute approximate surface area is 194 Å². The van der Waals surface area contributed by atoms with Crippen LogP contribution in [0.1, 0.15) is 27.9 Å². The maximum absolute atomic E-state index is 12.9. The molecule has 8 heteroatoms. The molecule has 0 bridgehead atoms. The minimum Gasteiger partial charge on any atom is -0.493 e. The van der Waals surface area contributed by atoms with Crippen molar-refractivity contribution in [1.29, 1.82) is 0 Å². The minimum absolute atomic E-state index is 0.240. The summed E-state index contributed by atoms with van der Waals surface area (Å²) in [4.78, 5) is 12.9. The van der Waals surface area contributed by atoms with E-state index in [0.29, 0.717) is 42.5 Å². The number of amides is 1. The largest absolute Gasteiger partial charge is 0.493 e. The molecule has 0 aliphatic rings. The van der Waals surface area contributed by atoms with Crippen molar-refractivity contribution in [2.24, 2.45) is 7.05 Å². The van der Waals surface area contributed by atoms with Crippen LogP contribution in [0.4, 0.5) is 5.82 Å². The molecule has 33 heavy (non-hydrogen) atoms. The number of methoxy groups -OCH3 is 3. The number of carbonyl (C=O) groups is 1. The first kappa shape index (κ1) is 24.1. The molecule has 1 amide bonds. The standard InChI is InChI=1S/C25H31N3O5/c1-28-12-11-23(27-28)26-25(29)20-15-18(16-21(17-20)33-14-6-13-30-2)9-10-19-7-5-8-22(31-3)24(19)32-4/h5,7-8,11-12,15-17H,6,9-10,13-14H2,1-4H3,(H,26,27,29). The molecule has 3 rings (SSSR count). The van der Waals surface area contributed by atoms with Crippen molar-refractivity contribution in [2.45, 2.75) is 19.3 Å². The molecule has 0 radical (unpaired) electrons. The molecule has 8 nitrogen and oxygen atoms in total. The summed E-state index contributed by atoms with van der Waals surface area (Å²) in [5, 5.41) is 7.05. The lowest BCUT2D eigenvalue weighted by atomic mass is 10.0. The zero-order valence-corrected chi connectivity index (χ0v) is 19.6. The van der Waals surface area contributed by atoms with Gasteiger partial charge in [-0.1, -0.05) is 12.1 Å². The van der Waals surface area contributed by atoms with Crippen LogP contribution in [0.15, 0.2) is 48.7 Å². The predicted molar refractivity (Wildman–Crippen MR) is 127 cm³/mol. The Morgan fingerprint density at radius 2 is 1.88 bits per heavy atom. The maximum atomic E-state index is 12.9. The lowest BCUT2D eigenvalue weighted by Gasteiger charge is -2.14. The minimum atomic E-state index is -0.240. The zero-order valence-electron chi connectivity index (χ0n) is 19.6. The quantitative estimate of drug-likeness (QED) is 0.419. The Balaban J connectivity index is 1.80. The highest BCUT2D eigenvalue weighted by molar-refractivity contribution is 6.04. The van der Waals surface area contributed by atoms with Gasteiger partial charge in [0, 0.05) is 45.0 Å². The SMILES string of the molecule is COCCCOc1cc(CCc2cccc(OC)c2OC)cc(C(=O)Nc2ccn(C)n2)c1. The van der Waals surface area contributed by atoms with Crippen molar-refractivity contribution in [2.75, 3.05) is 39.9 Å². The van der Waals surface area contributed by atoms with Gasteiger partial charge in [0.1, 0.15) is 5.75 Å². The molecule has 1 heterocycles. The van der Waals surface area contributed by atoms with Gasteiger partial charge in [-0.3, -0.25) is 9.48 Å². The van der Waals surface area contributed by atoms with Gasteiger partial charge in [-0.2, -0.15) is 5.10 Å². The second kappa shape index (κ2) is 11.9. The van der Waals surface area contributed by atoms with Gasteiger partial charge in [-0.05, 0) is 48.2 Å². The van der Waals surface area contributed by atoms with Gasteiger partial charge in [0.25, 0.3) is 5.91 Å². The Bertz CT molecular complexity index is 1060. The summed E-state index contributed by atoms with van der Waals surface area (Å²) in [6.07, 6.45) is 3.95. The molecule has 0 atom stereocenters. The van der Waals surface area contributed by atoms with Crippen LogP contribution in [0, 0.1) is 0 Å². The molecule has 0 saturated carbocycles. The number of nitrogens with zero attached hydrogens (tertiary/aromatic N) is 2. The molecule has 0 aliphatic heterocycles. The first-order valence-corrected chi connectivity index (χ1v) is 10.8. The number of aromatic nitrogens is 2. The summed E-state index contributed by atoms with van der Waals surface area (Å²) in [7, 11) is 6.72. The van der Waals surface area contributed by atoms with Crippen LogP contribution in [0.3, 0.4) is 0 Å². The number of hydrogen-bond donors (Lipinski definition) is 1. The van der Waals surface area contributed by atoms with E-state index in [1.165, 1.54) is 0 Å². The first-order chi connectivity index (χ1) is 16.0. The van der Waals surface area contributed by atoms with E-state index in [9.17, 15) is 4.79 Å². The molecule has 0 fully saturated rings. The van der Waals surface area contributed by atoms with Gasteiger partial charge in [0.15, 0.2) is 17.3 Å². The average molecular weight is 454 g/mol. The van der Waals surface area contributed by atoms with E-state index in [0.717, 1.165) is 29.7 Å². The Kier molecular flexibility index (Phi) is 8.71. The number of carbonyl (C=O) groups excluding carboxylic acids is 1. The Hall–Kier alpha value is -3.52. The van der Waals surface area contributed by atoms with Gasteiger partial charge >= 0.3 is 0 Å². The van der Waals surface area contributed by atoms with Crippen molar-refractivity contribution >= 4 is 11.7 Å². The van der Waals surface area contributed by atoms with E-state index < -0.39 is 0 Å². The second-order valence-electron chi connectivity index (χ2n) is 7.54. The third-order valence-corrected chi connectivity index (χ3v) is 5.11. The number of aryl methyl sites for hydroxylation is 3. The smallest absolute Gasteiger partial charge is 0.257 e. The molecular weight excluding hydrogens is 422 g/mol. The number of para-hydroxylation sites is 1. The van der Waals surface area contributed by atoms with E-state index in [1.54, 1.807) is 51.4 Å². The summed E-state index contributed by atoms with van der Waals surface area (Å²) in [5.74, 6) is 2.32. The summed E-state index contributed by atoms with van der Waals surface area (Å²) < 4.78 is 23.6. The number of rotatable bonds is 12. The number of benzene rings is 2. The van der Waals surface area contributed by atoms with E-state index in [1.807, 2.05) is 30.3 Å². The predicted octanol–water partition coefficient (Wildman–Crippen LogP) is 3.89. The first-order valence-electron chi connectivity index (χ1n) is 10.8. The highest BCUT2D eigenvalue weighted by atomic mass is 16.5. The van der Waals surface area contributed by atoms with E-state index >= 15 is 0 Å². The number of anilines is 1. The fraction of sp³-hybridized carbons (Fsp3) is 0.360. The molecule has 0 spiro atoms. The third kappa shape index (κ3) is 6.73. The lowest BCUT2D eigenvalue weighted by molar-refractivity contribution is 0.102. The van der Waals surface area contributed by atoms with Crippen molar-refractivity contribution in [1.82, 2.24) is 9.78 Å². The summed E-state index contributed by atoms with van der Waals surface area (Å²) in [6, 6.07) is 13.2. The fourth-order valence-corrected chi connectivity index (χ4v) is 3.51. The van der Waals surface area contributed by atoms with E-state index in [4.69, 9.17) is 18.9 Å².